The number of nitrogens with zero attached hydrogens (tertiary/aromatic N) is 2. The van der Waals surface area contributed by atoms with Gasteiger partial charge in [-0.1, -0.05) is 29.5 Å². The van der Waals surface area contributed by atoms with Gasteiger partial charge in [-0.2, -0.15) is 9.78 Å². The molecule has 0 fully saturated rings. The van der Waals surface area contributed by atoms with Crippen molar-refractivity contribution < 1.29 is 14.3 Å². The van der Waals surface area contributed by atoms with E-state index in [1.54, 1.807) is 55.6 Å². The molecule has 4 aromatic rings. The summed E-state index contributed by atoms with van der Waals surface area (Å²) < 4.78 is 11.9. The molecule has 0 spiro atoms. The fourth-order valence-corrected chi connectivity index (χ4v) is 3.99. The van der Waals surface area contributed by atoms with Crippen LogP contribution in [0.4, 0.5) is 5.69 Å². The molecular weight excluding hydrogens is 450 g/mol. The molecule has 0 bridgehead atoms. The summed E-state index contributed by atoms with van der Waals surface area (Å²) in [5.74, 6) is 0.798. The van der Waals surface area contributed by atoms with Crippen molar-refractivity contribution in [3.05, 3.63) is 100 Å². The van der Waals surface area contributed by atoms with Crippen LogP contribution in [0.3, 0.4) is 0 Å². The van der Waals surface area contributed by atoms with E-state index in [1.807, 2.05) is 31.2 Å². The maximum atomic E-state index is 12.8. The van der Waals surface area contributed by atoms with Crippen LogP contribution in [0.2, 0.25) is 0 Å². The van der Waals surface area contributed by atoms with Gasteiger partial charge in [0.15, 0.2) is 0 Å². The molecule has 1 heterocycles. The van der Waals surface area contributed by atoms with Crippen molar-refractivity contribution in [1.29, 1.82) is 0 Å². The van der Waals surface area contributed by atoms with Crippen LogP contribution in [0.15, 0.2) is 93.6 Å². The first-order chi connectivity index (χ1) is 16.5. The molecule has 0 saturated heterocycles. The van der Waals surface area contributed by atoms with E-state index in [1.165, 1.54) is 35.2 Å². The van der Waals surface area contributed by atoms with Gasteiger partial charge in [-0.3, -0.25) is 9.59 Å². The lowest BCUT2D eigenvalue weighted by Crippen LogP contribution is -2.20. The lowest BCUT2D eigenvalue weighted by Gasteiger charge is -2.12. The maximum Gasteiger partial charge on any atom is 0.271 e. The van der Waals surface area contributed by atoms with E-state index >= 15 is 0 Å². The Hall–Kier alpha value is -4.04. The van der Waals surface area contributed by atoms with Gasteiger partial charge in [-0.05, 0) is 61.5 Å². The number of hydrogen-bond donors (Lipinski definition) is 1. The molecule has 0 unspecified atom stereocenters. The Labute approximate surface area is 201 Å². The molecule has 7 nitrogen and oxygen atoms in total. The lowest BCUT2D eigenvalue weighted by atomic mass is 10.2. The summed E-state index contributed by atoms with van der Waals surface area (Å²) in [5.41, 5.74) is 2.40. The molecule has 1 aromatic heterocycles. The zero-order valence-electron chi connectivity index (χ0n) is 18.9. The van der Waals surface area contributed by atoms with E-state index in [0.29, 0.717) is 33.5 Å². The number of hydrogen-bond acceptors (Lipinski definition) is 6. The first-order valence-electron chi connectivity index (χ1n) is 10.5. The SMILES string of the molecule is COc1ccc(OC)c(NC(=O)c2ccc(-n3nc(Sc4ccc(C)cc4)ccc3=O)cc2)c1. The van der Waals surface area contributed by atoms with Crippen molar-refractivity contribution in [2.24, 2.45) is 0 Å². The minimum absolute atomic E-state index is 0.258. The summed E-state index contributed by atoms with van der Waals surface area (Å²) in [6, 6.07) is 23.1. The van der Waals surface area contributed by atoms with Crippen LogP contribution in [0, 0.1) is 6.92 Å². The van der Waals surface area contributed by atoms with Crippen molar-refractivity contribution in [3.63, 3.8) is 0 Å². The van der Waals surface area contributed by atoms with Crippen molar-refractivity contribution in [2.75, 3.05) is 19.5 Å². The van der Waals surface area contributed by atoms with Gasteiger partial charge in [0.05, 0.1) is 25.6 Å². The first-order valence-corrected chi connectivity index (χ1v) is 11.3. The van der Waals surface area contributed by atoms with E-state index in [9.17, 15) is 9.59 Å². The molecule has 0 saturated carbocycles. The zero-order valence-corrected chi connectivity index (χ0v) is 19.8. The van der Waals surface area contributed by atoms with Crippen LogP contribution in [0.5, 0.6) is 11.5 Å². The van der Waals surface area contributed by atoms with Crippen molar-refractivity contribution in [1.82, 2.24) is 9.78 Å². The summed E-state index contributed by atoms with van der Waals surface area (Å²) in [6.45, 7) is 2.03. The highest BCUT2D eigenvalue weighted by Gasteiger charge is 2.12. The quantitative estimate of drug-likeness (QED) is 0.408. The number of carbonyl (C=O) groups is 1. The maximum absolute atomic E-state index is 12.8. The fraction of sp³-hybridized carbons (Fsp3) is 0.115. The van der Waals surface area contributed by atoms with E-state index in [2.05, 4.69) is 10.4 Å². The molecule has 4 rings (SSSR count). The summed E-state index contributed by atoms with van der Waals surface area (Å²) in [6.07, 6.45) is 0. The summed E-state index contributed by atoms with van der Waals surface area (Å²) in [5, 5.41) is 8.00. The van der Waals surface area contributed by atoms with Crippen LogP contribution >= 0.6 is 11.8 Å². The number of anilines is 1. The second-order valence-electron chi connectivity index (χ2n) is 7.40. The number of benzene rings is 3. The van der Waals surface area contributed by atoms with Crippen molar-refractivity contribution >= 4 is 23.4 Å². The zero-order chi connectivity index (χ0) is 24.1. The number of aromatic nitrogens is 2. The number of carbonyl (C=O) groups excluding carboxylic acids is 1. The Morgan fingerprint density at radius 1 is 0.912 bits per heavy atom. The Bertz CT molecular complexity index is 1370. The molecule has 0 atom stereocenters. The summed E-state index contributed by atoms with van der Waals surface area (Å²) in [4.78, 5) is 26.3. The molecule has 0 radical (unpaired) electrons. The number of nitrogens with one attached hydrogen (secondary N) is 1. The smallest absolute Gasteiger partial charge is 0.271 e. The Kier molecular flexibility index (Phi) is 6.98. The molecule has 1 amide bonds. The summed E-state index contributed by atoms with van der Waals surface area (Å²) in [7, 11) is 3.08. The molecule has 8 heteroatoms. The summed E-state index contributed by atoms with van der Waals surface area (Å²) >= 11 is 1.47. The van der Waals surface area contributed by atoms with E-state index < -0.39 is 0 Å². The molecule has 0 aliphatic rings. The molecule has 34 heavy (non-hydrogen) atoms. The van der Waals surface area contributed by atoms with Gasteiger partial charge in [0, 0.05) is 22.6 Å². The highest BCUT2D eigenvalue weighted by Crippen LogP contribution is 2.29. The highest BCUT2D eigenvalue weighted by atomic mass is 32.2. The van der Waals surface area contributed by atoms with Crippen LogP contribution < -0.4 is 20.3 Å². The third-order valence-corrected chi connectivity index (χ3v) is 5.98. The Morgan fingerprint density at radius 2 is 1.65 bits per heavy atom. The molecule has 0 aliphatic carbocycles. The van der Waals surface area contributed by atoms with Crippen molar-refractivity contribution in [3.8, 4) is 17.2 Å². The second-order valence-corrected chi connectivity index (χ2v) is 8.50. The Morgan fingerprint density at radius 3 is 2.32 bits per heavy atom. The number of amides is 1. The number of methoxy groups -OCH3 is 2. The van der Waals surface area contributed by atoms with E-state index in [0.717, 1.165) is 4.90 Å². The number of aryl methyl sites for hydroxylation is 1. The van der Waals surface area contributed by atoms with Gasteiger partial charge >= 0.3 is 0 Å². The minimum Gasteiger partial charge on any atom is -0.497 e. The first kappa shape index (κ1) is 23.1. The van der Waals surface area contributed by atoms with Gasteiger partial charge in [-0.25, -0.2) is 0 Å². The van der Waals surface area contributed by atoms with Crippen LogP contribution in [-0.4, -0.2) is 29.9 Å². The standard InChI is InChI=1S/C26H23N3O4S/c1-17-4-11-21(12-5-17)34-24-14-15-25(30)29(28-24)19-8-6-18(7-9-19)26(31)27-22-16-20(32-2)10-13-23(22)33-3/h4-16H,1-3H3,(H,27,31). The third kappa shape index (κ3) is 5.29. The average Bonchev–Trinajstić information content (AvgIpc) is 2.86. The average molecular weight is 474 g/mol. The van der Waals surface area contributed by atoms with Gasteiger partial charge in [-0.15, -0.1) is 0 Å². The normalized spacial score (nSPS) is 10.6. The monoisotopic (exact) mass is 473 g/mol. The number of rotatable bonds is 7. The van der Waals surface area contributed by atoms with Gasteiger partial charge in [0.2, 0.25) is 0 Å². The molecule has 172 valence electrons. The third-order valence-electron chi connectivity index (χ3n) is 5.05. The van der Waals surface area contributed by atoms with Gasteiger partial charge < -0.3 is 14.8 Å². The molecule has 1 N–H and O–H groups in total. The van der Waals surface area contributed by atoms with Crippen LogP contribution in [0.1, 0.15) is 15.9 Å². The Balaban J connectivity index is 1.54. The highest BCUT2D eigenvalue weighted by molar-refractivity contribution is 7.99. The van der Waals surface area contributed by atoms with Crippen LogP contribution in [-0.2, 0) is 0 Å². The van der Waals surface area contributed by atoms with E-state index in [4.69, 9.17) is 9.47 Å². The lowest BCUT2D eigenvalue weighted by molar-refractivity contribution is 0.102. The largest absolute Gasteiger partial charge is 0.497 e. The van der Waals surface area contributed by atoms with Gasteiger partial charge in [0.25, 0.3) is 11.5 Å². The molecule has 0 aliphatic heterocycles. The van der Waals surface area contributed by atoms with Crippen molar-refractivity contribution in [2.45, 2.75) is 16.8 Å². The number of ether oxygens (including phenoxy) is 2. The van der Waals surface area contributed by atoms with Gasteiger partial charge in [0.1, 0.15) is 16.5 Å². The van der Waals surface area contributed by atoms with Crippen LogP contribution in [0.25, 0.3) is 5.69 Å². The minimum atomic E-state index is -0.318. The van der Waals surface area contributed by atoms with E-state index in [-0.39, 0.29) is 11.5 Å². The topological polar surface area (TPSA) is 82.4 Å². The molecular formula is C26H23N3O4S. The predicted molar refractivity (Wildman–Crippen MR) is 133 cm³/mol. The molecule has 3 aromatic carbocycles. The second kappa shape index (κ2) is 10.3. The fourth-order valence-electron chi connectivity index (χ4n) is 3.22. The predicted octanol–water partition coefficient (Wildman–Crippen LogP) is 4.96.